The second kappa shape index (κ2) is 4.37. The Morgan fingerprint density at radius 2 is 1.76 bits per heavy atom. The first-order valence-electron chi connectivity index (χ1n) is 6.50. The molecule has 0 radical (unpaired) electrons. The van der Waals surface area contributed by atoms with Gasteiger partial charge in [-0.1, -0.05) is 48.1 Å². The van der Waals surface area contributed by atoms with Crippen molar-refractivity contribution in [2.75, 3.05) is 0 Å². The molecule has 0 heteroatoms. The number of hydrogen-bond acceptors (Lipinski definition) is 0. The van der Waals surface area contributed by atoms with Gasteiger partial charge in [-0.2, -0.15) is 0 Å². The van der Waals surface area contributed by atoms with Crippen molar-refractivity contribution in [3.8, 4) is 0 Å². The molecule has 0 spiro atoms. The fourth-order valence-corrected chi connectivity index (χ4v) is 2.75. The molecule has 0 N–H and O–H groups in total. The quantitative estimate of drug-likeness (QED) is 0.639. The van der Waals surface area contributed by atoms with Gasteiger partial charge in [-0.25, -0.2) is 0 Å². The Hall–Kier alpha value is -1.56. The predicted molar refractivity (Wildman–Crippen MR) is 73.8 cm³/mol. The average Bonchev–Trinajstić information content (AvgIpc) is 2.38. The van der Waals surface area contributed by atoms with E-state index in [4.69, 9.17) is 0 Å². The molecule has 0 heterocycles. The molecule has 0 fully saturated rings. The van der Waals surface area contributed by atoms with Crippen LogP contribution in [0.25, 0.3) is 5.57 Å². The molecule has 1 aromatic carbocycles. The maximum atomic E-state index is 2.42. The number of aryl methyl sites for hydroxylation is 1. The molecular weight excluding hydrogens is 204 g/mol. The van der Waals surface area contributed by atoms with Gasteiger partial charge in [0, 0.05) is 0 Å². The summed E-state index contributed by atoms with van der Waals surface area (Å²) in [6.07, 6.45) is 12.0. The van der Waals surface area contributed by atoms with E-state index in [2.05, 4.69) is 49.4 Å². The largest absolute Gasteiger partial charge is 0.0804 e. The van der Waals surface area contributed by atoms with Gasteiger partial charge < -0.3 is 0 Å². The van der Waals surface area contributed by atoms with Crippen LogP contribution in [0.5, 0.6) is 0 Å². The summed E-state index contributed by atoms with van der Waals surface area (Å²) in [5.74, 6) is 0. The van der Waals surface area contributed by atoms with Crippen LogP contribution in [0.15, 0.2) is 53.6 Å². The van der Waals surface area contributed by atoms with Crippen LogP contribution in [-0.4, -0.2) is 0 Å². The van der Waals surface area contributed by atoms with Crippen molar-refractivity contribution in [2.24, 2.45) is 0 Å². The van der Waals surface area contributed by atoms with Gasteiger partial charge >= 0.3 is 0 Å². The molecule has 2 aliphatic rings. The van der Waals surface area contributed by atoms with Crippen LogP contribution in [0, 0.1) is 6.92 Å². The third kappa shape index (κ3) is 2.12. The van der Waals surface area contributed by atoms with Crippen molar-refractivity contribution in [3.05, 3.63) is 64.8 Å². The van der Waals surface area contributed by atoms with Gasteiger partial charge in [0.2, 0.25) is 0 Å². The fraction of sp³-hybridized carbons (Fsp3) is 0.294. The number of benzene rings is 1. The minimum atomic E-state index is 1.19. The lowest BCUT2D eigenvalue weighted by Crippen LogP contribution is -2.01. The van der Waals surface area contributed by atoms with Crippen molar-refractivity contribution >= 4 is 5.57 Å². The van der Waals surface area contributed by atoms with Crippen LogP contribution in [0.2, 0.25) is 0 Å². The molecule has 17 heavy (non-hydrogen) atoms. The first kappa shape index (κ1) is 10.6. The molecule has 2 aliphatic carbocycles. The van der Waals surface area contributed by atoms with Gasteiger partial charge in [-0.3, -0.25) is 0 Å². The number of allylic oxidation sites excluding steroid dienone is 6. The summed E-state index contributed by atoms with van der Waals surface area (Å²) >= 11 is 0. The van der Waals surface area contributed by atoms with E-state index in [0.717, 1.165) is 0 Å². The third-order valence-corrected chi connectivity index (χ3v) is 3.67. The summed E-state index contributed by atoms with van der Waals surface area (Å²) in [5.41, 5.74) is 7.28. The van der Waals surface area contributed by atoms with Gasteiger partial charge in [0.15, 0.2) is 0 Å². The Bertz CT molecular complexity index is 527. The molecule has 0 atom stereocenters. The van der Waals surface area contributed by atoms with Crippen LogP contribution in [0.3, 0.4) is 0 Å². The Morgan fingerprint density at radius 1 is 0.941 bits per heavy atom. The van der Waals surface area contributed by atoms with Gasteiger partial charge in [0.1, 0.15) is 0 Å². The summed E-state index contributed by atoms with van der Waals surface area (Å²) in [5, 5.41) is 0. The zero-order valence-corrected chi connectivity index (χ0v) is 10.4. The highest BCUT2D eigenvalue weighted by atomic mass is 14.2. The van der Waals surface area contributed by atoms with Crippen LogP contribution >= 0.6 is 0 Å². The highest BCUT2D eigenvalue weighted by Gasteiger charge is 2.15. The minimum absolute atomic E-state index is 1.19. The maximum absolute atomic E-state index is 2.42. The lowest BCUT2D eigenvalue weighted by Gasteiger charge is -2.21. The molecule has 1 aromatic rings. The first-order chi connectivity index (χ1) is 8.33. The van der Waals surface area contributed by atoms with E-state index in [1.165, 1.54) is 48.0 Å². The van der Waals surface area contributed by atoms with Gasteiger partial charge in [-0.15, -0.1) is 0 Å². The van der Waals surface area contributed by atoms with E-state index < -0.39 is 0 Å². The molecule has 0 amide bonds. The smallest absolute Gasteiger partial charge is 0.0222 e. The van der Waals surface area contributed by atoms with E-state index in [1.54, 1.807) is 5.57 Å². The van der Waals surface area contributed by atoms with E-state index in [1.807, 2.05) is 0 Å². The summed E-state index contributed by atoms with van der Waals surface area (Å²) in [6, 6.07) is 8.85. The van der Waals surface area contributed by atoms with Gasteiger partial charge in [-0.05, 0) is 54.9 Å². The predicted octanol–water partition coefficient (Wildman–Crippen LogP) is 4.82. The van der Waals surface area contributed by atoms with E-state index in [-0.39, 0.29) is 0 Å². The number of hydrogen-bond donors (Lipinski definition) is 0. The van der Waals surface area contributed by atoms with Crippen molar-refractivity contribution in [1.29, 1.82) is 0 Å². The molecule has 0 saturated carbocycles. The zero-order chi connectivity index (χ0) is 11.7. The topological polar surface area (TPSA) is 0 Å². The van der Waals surface area contributed by atoms with Gasteiger partial charge in [0.05, 0.1) is 0 Å². The standard InChI is InChI=1S/C17H18/c1-13-5-4-8-15(11-13)17-10-9-14-6-2-3-7-16(14)12-17/h4-8,11-12H,2-3,9-10H2,1H3. The lowest BCUT2D eigenvalue weighted by atomic mass is 9.84. The average molecular weight is 222 g/mol. The summed E-state index contributed by atoms with van der Waals surface area (Å²) in [7, 11) is 0. The van der Waals surface area contributed by atoms with Gasteiger partial charge in [0.25, 0.3) is 0 Å². The van der Waals surface area contributed by atoms with Crippen molar-refractivity contribution in [1.82, 2.24) is 0 Å². The van der Waals surface area contributed by atoms with Crippen LogP contribution in [0.1, 0.15) is 36.8 Å². The Balaban J connectivity index is 1.98. The molecule has 0 aromatic heterocycles. The van der Waals surface area contributed by atoms with E-state index >= 15 is 0 Å². The van der Waals surface area contributed by atoms with Crippen molar-refractivity contribution < 1.29 is 0 Å². The minimum Gasteiger partial charge on any atom is -0.0804 e. The molecule has 0 saturated heterocycles. The fourth-order valence-electron chi connectivity index (χ4n) is 2.75. The lowest BCUT2D eigenvalue weighted by molar-refractivity contribution is 0.914. The monoisotopic (exact) mass is 222 g/mol. The molecule has 0 aliphatic heterocycles. The Morgan fingerprint density at radius 3 is 2.65 bits per heavy atom. The summed E-state index contributed by atoms with van der Waals surface area (Å²) in [6.45, 7) is 2.16. The summed E-state index contributed by atoms with van der Waals surface area (Å²) in [4.78, 5) is 0. The second-order valence-electron chi connectivity index (χ2n) is 5.01. The Labute approximate surface area is 103 Å². The van der Waals surface area contributed by atoms with Crippen LogP contribution in [-0.2, 0) is 0 Å². The molecular formula is C17H18. The number of rotatable bonds is 1. The van der Waals surface area contributed by atoms with Crippen molar-refractivity contribution in [2.45, 2.75) is 32.6 Å². The SMILES string of the molecule is Cc1cccc(C2=CC3=CCCC=C3CC2)c1. The normalized spacial score (nSPS) is 19.0. The third-order valence-electron chi connectivity index (χ3n) is 3.67. The van der Waals surface area contributed by atoms with Crippen LogP contribution < -0.4 is 0 Å². The first-order valence-corrected chi connectivity index (χ1v) is 6.50. The molecule has 3 rings (SSSR count). The number of fused-ring (bicyclic) bond motifs is 1. The highest BCUT2D eigenvalue weighted by Crippen LogP contribution is 2.35. The highest BCUT2D eigenvalue weighted by molar-refractivity contribution is 5.73. The summed E-state index contributed by atoms with van der Waals surface area (Å²) < 4.78 is 0. The van der Waals surface area contributed by atoms with Crippen molar-refractivity contribution in [3.63, 3.8) is 0 Å². The van der Waals surface area contributed by atoms with E-state index in [0.29, 0.717) is 0 Å². The Kier molecular flexibility index (Phi) is 2.72. The molecule has 0 nitrogen and oxygen atoms in total. The van der Waals surface area contributed by atoms with Crippen LogP contribution in [0.4, 0.5) is 0 Å². The molecule has 86 valence electrons. The zero-order valence-electron chi connectivity index (χ0n) is 10.4. The van der Waals surface area contributed by atoms with E-state index in [9.17, 15) is 0 Å². The molecule has 0 unspecified atom stereocenters. The second-order valence-corrected chi connectivity index (χ2v) is 5.01. The maximum Gasteiger partial charge on any atom is -0.0222 e. The molecule has 0 bridgehead atoms.